The first kappa shape index (κ1) is 19.4. The number of hydrogen-bond acceptors (Lipinski definition) is 4. The van der Waals surface area contributed by atoms with Crippen LogP contribution in [0, 0.1) is 6.92 Å². The molecule has 5 nitrogen and oxygen atoms in total. The lowest BCUT2D eigenvalue weighted by Crippen LogP contribution is -2.08. The van der Waals surface area contributed by atoms with E-state index in [1.807, 2.05) is 13.0 Å². The van der Waals surface area contributed by atoms with Gasteiger partial charge in [-0.05, 0) is 37.6 Å². The highest BCUT2D eigenvalue weighted by atomic mass is 79.9. The van der Waals surface area contributed by atoms with E-state index in [9.17, 15) is 13.2 Å². The largest absolute Gasteiger partial charge is 0.462 e. The molecule has 0 saturated heterocycles. The van der Waals surface area contributed by atoms with E-state index in [0.717, 1.165) is 5.56 Å². The maximum Gasteiger partial charge on any atom is 0.340 e. The monoisotopic (exact) mass is 447 g/mol. The van der Waals surface area contributed by atoms with Gasteiger partial charge in [-0.1, -0.05) is 51.8 Å². The molecule has 0 amide bonds. The molecule has 0 aliphatic rings. The summed E-state index contributed by atoms with van der Waals surface area (Å²) in [6.07, 6.45) is 1.38. The molecular formula is C20H18BrNO4S. The lowest BCUT2D eigenvalue weighted by molar-refractivity contribution is 0.0527. The molecule has 0 bridgehead atoms. The molecule has 3 aromatic rings. The summed E-state index contributed by atoms with van der Waals surface area (Å²) in [7, 11) is -3.86. The Hall–Kier alpha value is -2.38. The van der Waals surface area contributed by atoms with Crippen LogP contribution in [0.1, 0.15) is 22.8 Å². The predicted molar refractivity (Wildman–Crippen MR) is 107 cm³/mol. The molecular weight excluding hydrogens is 430 g/mol. The fourth-order valence-corrected chi connectivity index (χ4v) is 4.67. The molecule has 2 aromatic carbocycles. The predicted octanol–water partition coefficient (Wildman–Crippen LogP) is 4.76. The third-order valence-electron chi connectivity index (χ3n) is 4.08. The second-order valence-electron chi connectivity index (χ2n) is 5.92. The van der Waals surface area contributed by atoms with Crippen molar-refractivity contribution in [2.75, 3.05) is 6.61 Å². The Morgan fingerprint density at radius 2 is 1.78 bits per heavy atom. The molecule has 1 aromatic heterocycles. The number of rotatable bonds is 5. The van der Waals surface area contributed by atoms with Crippen LogP contribution in [0.2, 0.25) is 0 Å². The zero-order valence-corrected chi connectivity index (χ0v) is 17.2. The van der Waals surface area contributed by atoms with Crippen LogP contribution in [0.15, 0.2) is 69.1 Å². The summed E-state index contributed by atoms with van der Waals surface area (Å²) >= 11 is 3.45. The highest BCUT2D eigenvalue weighted by molar-refractivity contribution is 9.10. The summed E-state index contributed by atoms with van der Waals surface area (Å²) in [6.45, 7) is 3.78. The third-order valence-corrected chi connectivity index (χ3v) is 6.53. The first-order valence-corrected chi connectivity index (χ1v) is 10.6. The Morgan fingerprint density at radius 3 is 2.41 bits per heavy atom. The van der Waals surface area contributed by atoms with Gasteiger partial charge in [-0.15, -0.1) is 0 Å². The Kier molecular flexibility index (Phi) is 5.53. The normalized spacial score (nSPS) is 11.4. The van der Waals surface area contributed by atoms with Crippen molar-refractivity contribution in [2.24, 2.45) is 0 Å². The van der Waals surface area contributed by atoms with Crippen molar-refractivity contribution in [3.63, 3.8) is 0 Å². The van der Waals surface area contributed by atoms with Gasteiger partial charge in [-0.3, -0.25) is 0 Å². The summed E-state index contributed by atoms with van der Waals surface area (Å²) in [5, 5.41) is -0.0405. The van der Waals surface area contributed by atoms with Gasteiger partial charge in [0, 0.05) is 16.2 Å². The molecule has 3 rings (SSSR count). The first-order chi connectivity index (χ1) is 12.9. The van der Waals surface area contributed by atoms with Crippen molar-refractivity contribution in [1.82, 2.24) is 4.98 Å². The quantitative estimate of drug-likeness (QED) is 0.571. The number of benzene rings is 2. The Morgan fingerprint density at radius 1 is 1.11 bits per heavy atom. The van der Waals surface area contributed by atoms with Crippen LogP contribution >= 0.6 is 15.9 Å². The number of esters is 1. The van der Waals surface area contributed by atoms with Crippen LogP contribution in [-0.2, 0) is 14.6 Å². The van der Waals surface area contributed by atoms with Crippen molar-refractivity contribution in [2.45, 2.75) is 23.8 Å². The van der Waals surface area contributed by atoms with Crippen molar-refractivity contribution < 1.29 is 17.9 Å². The standard InChI is InChI=1S/C20H18BrNO4S/c1-3-26-20(23)16-12-22-19(18(16)15-6-4-5-7-17(15)21)27(24,25)14-10-8-13(2)9-11-14/h4-12,22H,3H2,1-2H3. The summed E-state index contributed by atoms with van der Waals surface area (Å²) in [5.74, 6) is -0.579. The van der Waals surface area contributed by atoms with E-state index in [-0.39, 0.29) is 22.1 Å². The fraction of sp³-hybridized carbons (Fsp3) is 0.150. The fourth-order valence-electron chi connectivity index (χ4n) is 2.75. The van der Waals surface area contributed by atoms with Crippen LogP contribution in [0.3, 0.4) is 0 Å². The summed E-state index contributed by atoms with van der Waals surface area (Å²) in [4.78, 5) is 15.4. The number of carbonyl (C=O) groups is 1. The minimum Gasteiger partial charge on any atom is -0.462 e. The van der Waals surface area contributed by atoms with Crippen molar-refractivity contribution >= 4 is 31.7 Å². The first-order valence-electron chi connectivity index (χ1n) is 8.31. The number of H-pyrrole nitrogens is 1. The number of aromatic amines is 1. The Labute approximate surface area is 166 Å². The van der Waals surface area contributed by atoms with Gasteiger partial charge in [0.1, 0.15) is 5.03 Å². The molecule has 0 spiro atoms. The van der Waals surface area contributed by atoms with E-state index in [4.69, 9.17) is 4.74 Å². The van der Waals surface area contributed by atoms with Crippen LogP contribution < -0.4 is 0 Å². The average molecular weight is 448 g/mol. The minimum absolute atomic E-state index is 0.0405. The van der Waals surface area contributed by atoms with Crippen molar-refractivity contribution in [3.8, 4) is 11.1 Å². The maximum atomic E-state index is 13.2. The lowest BCUT2D eigenvalue weighted by atomic mass is 10.0. The topological polar surface area (TPSA) is 76.2 Å². The van der Waals surface area contributed by atoms with E-state index >= 15 is 0 Å². The number of sulfone groups is 1. The van der Waals surface area contributed by atoms with Gasteiger partial charge >= 0.3 is 5.97 Å². The van der Waals surface area contributed by atoms with E-state index < -0.39 is 15.8 Å². The molecule has 1 N–H and O–H groups in total. The average Bonchev–Trinajstić information content (AvgIpc) is 3.08. The van der Waals surface area contributed by atoms with Gasteiger partial charge in [-0.2, -0.15) is 0 Å². The van der Waals surface area contributed by atoms with E-state index in [1.54, 1.807) is 49.4 Å². The molecule has 0 fully saturated rings. The van der Waals surface area contributed by atoms with E-state index in [1.165, 1.54) is 6.20 Å². The van der Waals surface area contributed by atoms with Crippen molar-refractivity contribution in [3.05, 3.63) is 70.3 Å². The number of aromatic nitrogens is 1. The molecule has 0 radical (unpaired) electrons. The van der Waals surface area contributed by atoms with Crippen LogP contribution in [0.25, 0.3) is 11.1 Å². The molecule has 0 unspecified atom stereocenters. The molecule has 0 atom stereocenters. The van der Waals surface area contributed by atoms with Crippen LogP contribution in [0.5, 0.6) is 0 Å². The van der Waals surface area contributed by atoms with E-state index in [0.29, 0.717) is 15.6 Å². The number of hydrogen-bond donors (Lipinski definition) is 1. The number of carbonyl (C=O) groups excluding carboxylic acids is 1. The zero-order valence-electron chi connectivity index (χ0n) is 14.8. The molecule has 0 aliphatic carbocycles. The zero-order chi connectivity index (χ0) is 19.6. The van der Waals surface area contributed by atoms with Gasteiger partial charge in [0.05, 0.1) is 17.1 Å². The second kappa shape index (κ2) is 7.70. The van der Waals surface area contributed by atoms with Gasteiger partial charge in [0.2, 0.25) is 9.84 Å². The maximum absolute atomic E-state index is 13.2. The highest BCUT2D eigenvalue weighted by Crippen LogP contribution is 2.38. The van der Waals surface area contributed by atoms with Gasteiger partial charge in [-0.25, -0.2) is 13.2 Å². The number of aryl methyl sites for hydroxylation is 1. The minimum atomic E-state index is -3.86. The van der Waals surface area contributed by atoms with Crippen LogP contribution in [-0.4, -0.2) is 26.0 Å². The number of ether oxygens (including phenoxy) is 1. The number of halogens is 1. The lowest BCUT2D eigenvalue weighted by Gasteiger charge is -2.10. The molecule has 140 valence electrons. The summed E-state index contributed by atoms with van der Waals surface area (Å²) in [5.41, 5.74) is 2.02. The number of nitrogens with one attached hydrogen (secondary N) is 1. The van der Waals surface area contributed by atoms with Gasteiger partial charge in [0.25, 0.3) is 0 Å². The SMILES string of the molecule is CCOC(=O)c1c[nH]c(S(=O)(=O)c2ccc(C)cc2)c1-c1ccccc1Br. The summed E-state index contributed by atoms with van der Waals surface area (Å²) < 4.78 is 32.3. The van der Waals surface area contributed by atoms with Gasteiger partial charge < -0.3 is 9.72 Å². The Bertz CT molecular complexity index is 1090. The highest BCUT2D eigenvalue weighted by Gasteiger charge is 2.29. The third kappa shape index (κ3) is 3.70. The van der Waals surface area contributed by atoms with Crippen LogP contribution in [0.4, 0.5) is 0 Å². The summed E-state index contributed by atoms with van der Waals surface area (Å²) in [6, 6.07) is 13.7. The molecule has 1 heterocycles. The van der Waals surface area contributed by atoms with E-state index in [2.05, 4.69) is 20.9 Å². The Balaban J connectivity index is 2.26. The van der Waals surface area contributed by atoms with Gasteiger partial charge in [0.15, 0.2) is 0 Å². The molecule has 27 heavy (non-hydrogen) atoms. The molecule has 0 saturated carbocycles. The smallest absolute Gasteiger partial charge is 0.340 e. The second-order valence-corrected chi connectivity index (χ2v) is 8.66. The van der Waals surface area contributed by atoms with Crippen molar-refractivity contribution in [1.29, 1.82) is 0 Å². The molecule has 0 aliphatic heterocycles. The molecule has 7 heteroatoms.